The van der Waals surface area contributed by atoms with Crippen molar-refractivity contribution in [3.05, 3.63) is 51.4 Å². The van der Waals surface area contributed by atoms with Crippen LogP contribution in [0.4, 0.5) is 5.69 Å². The Morgan fingerprint density at radius 1 is 1.30 bits per heavy atom. The Morgan fingerprint density at radius 3 is 2.78 bits per heavy atom. The molecule has 0 aliphatic carbocycles. The Hall–Kier alpha value is -1.96. The van der Waals surface area contributed by atoms with E-state index in [1.807, 2.05) is 49.7 Å². The SMILES string of the molecule is Cc1cc(C(=O)Nc2cccc(I)c2)c2cnn(C(C)C)c2n1. The van der Waals surface area contributed by atoms with Crippen LogP contribution in [0.3, 0.4) is 0 Å². The molecule has 0 bridgehead atoms. The molecule has 23 heavy (non-hydrogen) atoms. The van der Waals surface area contributed by atoms with Gasteiger partial charge in [-0.3, -0.25) is 4.79 Å². The summed E-state index contributed by atoms with van der Waals surface area (Å²) in [6.45, 7) is 5.98. The van der Waals surface area contributed by atoms with Crippen molar-refractivity contribution in [3.63, 3.8) is 0 Å². The molecule has 1 N–H and O–H groups in total. The molecule has 0 radical (unpaired) electrons. The van der Waals surface area contributed by atoms with E-state index in [-0.39, 0.29) is 11.9 Å². The summed E-state index contributed by atoms with van der Waals surface area (Å²) in [5, 5.41) is 8.09. The van der Waals surface area contributed by atoms with Crippen LogP contribution in [0.5, 0.6) is 0 Å². The van der Waals surface area contributed by atoms with E-state index in [4.69, 9.17) is 0 Å². The van der Waals surface area contributed by atoms with Crippen molar-refractivity contribution in [2.24, 2.45) is 0 Å². The van der Waals surface area contributed by atoms with E-state index in [0.717, 1.165) is 26.0 Å². The van der Waals surface area contributed by atoms with E-state index >= 15 is 0 Å². The molecule has 118 valence electrons. The van der Waals surface area contributed by atoms with Crippen LogP contribution in [0.25, 0.3) is 11.0 Å². The maximum Gasteiger partial charge on any atom is 0.256 e. The van der Waals surface area contributed by atoms with Gasteiger partial charge >= 0.3 is 0 Å². The number of carbonyl (C=O) groups is 1. The van der Waals surface area contributed by atoms with E-state index < -0.39 is 0 Å². The lowest BCUT2D eigenvalue weighted by molar-refractivity contribution is 0.102. The van der Waals surface area contributed by atoms with Crippen molar-refractivity contribution in [2.75, 3.05) is 5.32 Å². The summed E-state index contributed by atoms with van der Waals surface area (Å²) in [5.74, 6) is -0.147. The van der Waals surface area contributed by atoms with Gasteiger partial charge in [0.15, 0.2) is 5.65 Å². The molecule has 0 aliphatic heterocycles. The number of hydrogen-bond donors (Lipinski definition) is 1. The van der Waals surface area contributed by atoms with Crippen molar-refractivity contribution in [1.29, 1.82) is 0 Å². The van der Waals surface area contributed by atoms with Crippen molar-refractivity contribution in [2.45, 2.75) is 26.8 Å². The van der Waals surface area contributed by atoms with Gasteiger partial charge in [-0.2, -0.15) is 5.10 Å². The van der Waals surface area contributed by atoms with Crippen LogP contribution in [0, 0.1) is 10.5 Å². The number of aryl methyl sites for hydroxylation is 1. The molecule has 1 amide bonds. The van der Waals surface area contributed by atoms with E-state index in [9.17, 15) is 4.79 Å². The van der Waals surface area contributed by atoms with Gasteiger partial charge in [0.05, 0.1) is 17.1 Å². The summed E-state index contributed by atoms with van der Waals surface area (Å²) in [5.41, 5.74) is 2.92. The van der Waals surface area contributed by atoms with Crippen LogP contribution in [0.1, 0.15) is 35.9 Å². The molecule has 0 atom stereocenters. The fourth-order valence-corrected chi connectivity index (χ4v) is 3.02. The van der Waals surface area contributed by atoms with Crippen molar-refractivity contribution in [1.82, 2.24) is 14.8 Å². The number of nitrogens with zero attached hydrogens (tertiary/aromatic N) is 3. The van der Waals surface area contributed by atoms with E-state index in [1.165, 1.54) is 0 Å². The molecular formula is C17H17IN4O. The van der Waals surface area contributed by atoms with Gasteiger partial charge in [-0.15, -0.1) is 0 Å². The average molecular weight is 420 g/mol. The monoisotopic (exact) mass is 420 g/mol. The van der Waals surface area contributed by atoms with E-state index in [2.05, 4.69) is 38.0 Å². The minimum Gasteiger partial charge on any atom is -0.322 e. The summed E-state index contributed by atoms with van der Waals surface area (Å²) >= 11 is 2.22. The number of pyridine rings is 1. The molecule has 6 heteroatoms. The number of benzene rings is 1. The second-order valence-corrected chi connectivity index (χ2v) is 6.94. The number of hydrogen-bond acceptors (Lipinski definition) is 3. The zero-order chi connectivity index (χ0) is 16.6. The molecule has 3 aromatic rings. The quantitative estimate of drug-likeness (QED) is 0.647. The second-order valence-electron chi connectivity index (χ2n) is 5.70. The zero-order valence-corrected chi connectivity index (χ0v) is 15.3. The number of halogens is 1. The normalized spacial score (nSPS) is 11.2. The highest BCUT2D eigenvalue weighted by atomic mass is 127. The molecular weight excluding hydrogens is 403 g/mol. The number of rotatable bonds is 3. The van der Waals surface area contributed by atoms with Gasteiger partial charge in [0.25, 0.3) is 5.91 Å². The Labute approximate surface area is 148 Å². The van der Waals surface area contributed by atoms with Crippen LogP contribution in [0.2, 0.25) is 0 Å². The Kier molecular flexibility index (Phi) is 4.34. The van der Waals surface area contributed by atoms with Gasteiger partial charge in [0, 0.05) is 21.0 Å². The maximum absolute atomic E-state index is 12.7. The largest absolute Gasteiger partial charge is 0.322 e. The fraction of sp³-hybridized carbons (Fsp3) is 0.235. The van der Waals surface area contributed by atoms with Crippen molar-refractivity contribution < 1.29 is 4.79 Å². The summed E-state index contributed by atoms with van der Waals surface area (Å²) in [4.78, 5) is 17.2. The molecule has 0 fully saturated rings. The Bertz CT molecular complexity index is 885. The topological polar surface area (TPSA) is 59.8 Å². The smallest absolute Gasteiger partial charge is 0.256 e. The molecule has 0 spiro atoms. The minimum atomic E-state index is -0.147. The van der Waals surface area contributed by atoms with Crippen LogP contribution in [-0.4, -0.2) is 20.7 Å². The van der Waals surface area contributed by atoms with Crippen molar-refractivity contribution >= 4 is 45.2 Å². The fourth-order valence-electron chi connectivity index (χ4n) is 2.47. The van der Waals surface area contributed by atoms with Gasteiger partial charge < -0.3 is 5.32 Å². The van der Waals surface area contributed by atoms with E-state index in [1.54, 1.807) is 12.3 Å². The number of carbonyl (C=O) groups excluding carboxylic acids is 1. The molecule has 0 unspecified atom stereocenters. The highest BCUT2D eigenvalue weighted by Gasteiger charge is 2.17. The first-order valence-corrected chi connectivity index (χ1v) is 8.45. The van der Waals surface area contributed by atoms with Crippen LogP contribution < -0.4 is 5.32 Å². The maximum atomic E-state index is 12.7. The predicted molar refractivity (Wildman–Crippen MR) is 99.8 cm³/mol. The lowest BCUT2D eigenvalue weighted by Crippen LogP contribution is -2.13. The number of amides is 1. The highest BCUT2D eigenvalue weighted by molar-refractivity contribution is 14.1. The molecule has 1 aromatic carbocycles. The van der Waals surface area contributed by atoms with E-state index in [0.29, 0.717) is 5.56 Å². The third-order valence-electron chi connectivity index (χ3n) is 3.51. The minimum absolute atomic E-state index is 0.147. The Balaban J connectivity index is 2.03. The second kappa shape index (κ2) is 6.27. The molecule has 2 heterocycles. The third-order valence-corrected chi connectivity index (χ3v) is 4.18. The summed E-state index contributed by atoms with van der Waals surface area (Å²) in [7, 11) is 0. The van der Waals surface area contributed by atoms with Crippen LogP contribution in [-0.2, 0) is 0 Å². The summed E-state index contributed by atoms with van der Waals surface area (Å²) < 4.78 is 2.91. The van der Waals surface area contributed by atoms with Gasteiger partial charge in [0.2, 0.25) is 0 Å². The number of aromatic nitrogens is 3. The first kappa shape index (κ1) is 15.9. The third kappa shape index (κ3) is 3.21. The van der Waals surface area contributed by atoms with Gasteiger partial charge in [0.1, 0.15) is 0 Å². The highest BCUT2D eigenvalue weighted by Crippen LogP contribution is 2.22. The van der Waals surface area contributed by atoms with Gasteiger partial charge in [-0.05, 0) is 67.6 Å². The predicted octanol–water partition coefficient (Wildman–Crippen LogP) is 4.18. The number of anilines is 1. The van der Waals surface area contributed by atoms with Crippen LogP contribution >= 0.6 is 22.6 Å². The first-order chi connectivity index (χ1) is 11.0. The lowest BCUT2D eigenvalue weighted by Gasteiger charge is -2.09. The number of nitrogens with one attached hydrogen (secondary N) is 1. The molecule has 5 nitrogen and oxygen atoms in total. The summed E-state index contributed by atoms with van der Waals surface area (Å²) in [6.07, 6.45) is 1.71. The average Bonchev–Trinajstić information content (AvgIpc) is 2.90. The van der Waals surface area contributed by atoms with Crippen LogP contribution in [0.15, 0.2) is 36.5 Å². The lowest BCUT2D eigenvalue weighted by atomic mass is 10.1. The number of fused-ring (bicyclic) bond motifs is 1. The zero-order valence-electron chi connectivity index (χ0n) is 13.2. The molecule has 3 rings (SSSR count). The van der Waals surface area contributed by atoms with Crippen molar-refractivity contribution in [3.8, 4) is 0 Å². The standard InChI is InChI=1S/C17H17IN4O/c1-10(2)22-16-15(9-19-22)14(7-11(3)20-16)17(23)21-13-6-4-5-12(18)8-13/h4-10H,1-3H3,(H,21,23). The Morgan fingerprint density at radius 2 is 2.09 bits per heavy atom. The molecule has 0 saturated carbocycles. The first-order valence-electron chi connectivity index (χ1n) is 7.37. The van der Waals surface area contributed by atoms with Gasteiger partial charge in [-0.25, -0.2) is 9.67 Å². The molecule has 2 aromatic heterocycles. The summed E-state index contributed by atoms with van der Waals surface area (Å²) in [6, 6.07) is 9.70. The van der Waals surface area contributed by atoms with Gasteiger partial charge in [-0.1, -0.05) is 6.07 Å². The molecule has 0 saturated heterocycles. The molecule has 0 aliphatic rings.